The van der Waals surface area contributed by atoms with E-state index in [-0.39, 0.29) is 0 Å². The van der Waals surface area contributed by atoms with Crippen molar-refractivity contribution in [1.29, 1.82) is 0 Å². The summed E-state index contributed by atoms with van der Waals surface area (Å²) >= 11 is 9.77. The average molecular weight is 548 g/mol. The Kier molecular flexibility index (Phi) is 8.06. The molecule has 7 heavy (non-hydrogen) atoms. The van der Waals surface area contributed by atoms with E-state index < -0.39 is 0 Å². The van der Waals surface area contributed by atoms with Crippen molar-refractivity contribution in [3.63, 3.8) is 0 Å². The summed E-state index contributed by atoms with van der Waals surface area (Å²) in [6.07, 6.45) is 0. The molecule has 44 valence electrons. The van der Waals surface area contributed by atoms with Crippen molar-refractivity contribution in [1.82, 2.24) is 0 Å². The Hall–Kier alpha value is 2.92. The van der Waals surface area contributed by atoms with Gasteiger partial charge >= 0.3 is 0 Å². The molecule has 0 saturated heterocycles. The molecule has 0 fully saturated rings. The van der Waals surface area contributed by atoms with Gasteiger partial charge in [0.15, 0.2) is 0 Å². The monoisotopic (exact) mass is 548 g/mol. The number of hydrogen-bond acceptors (Lipinski definition) is 0. The molecule has 0 amide bonds. The molecule has 0 aromatic rings. The maximum absolute atomic E-state index is 2.47. The van der Waals surface area contributed by atoms with Gasteiger partial charge in [0, 0.05) is 8.35 Å². The quantitative estimate of drug-likeness (QED) is 0.367. The molecule has 0 aromatic carbocycles. The van der Waals surface area contributed by atoms with Crippen molar-refractivity contribution in [2.75, 3.05) is 4.43 Å². The fourth-order valence-corrected chi connectivity index (χ4v) is 3.03. The number of halogens is 4. The van der Waals surface area contributed by atoms with Crippen molar-refractivity contribution in [2.45, 2.75) is 5.86 Å². The van der Waals surface area contributed by atoms with Gasteiger partial charge in [-0.2, -0.15) is 0 Å². The van der Waals surface area contributed by atoms with Gasteiger partial charge in [-0.15, -0.1) is 0 Å². The molecule has 4 heteroatoms. The molecule has 0 radical (unpaired) electrons. The van der Waals surface area contributed by atoms with E-state index in [1.165, 1.54) is 4.43 Å². The van der Waals surface area contributed by atoms with E-state index in [9.17, 15) is 0 Å². The lowest BCUT2D eigenvalue weighted by Gasteiger charge is -2.03. The standard InChI is InChI=1S/C3H4I4/c4-1-2(5)3(6)7/h2-3H,1H2/t2-/m0/s1. The maximum Gasteiger partial charge on any atom is 0.0751 e. The Morgan fingerprint density at radius 3 is 1.57 bits per heavy atom. The summed E-state index contributed by atoms with van der Waals surface area (Å²) in [5, 5.41) is 0. The summed E-state index contributed by atoms with van der Waals surface area (Å²) in [7, 11) is 0. The van der Waals surface area contributed by atoms with Gasteiger partial charge in [-0.3, -0.25) is 0 Å². The summed E-state index contributed by atoms with van der Waals surface area (Å²) in [4.78, 5) is 0. The molecule has 0 bridgehead atoms. The van der Waals surface area contributed by atoms with Gasteiger partial charge in [0.05, 0.1) is 1.93 Å². The first-order chi connectivity index (χ1) is 3.18. The van der Waals surface area contributed by atoms with Crippen LogP contribution in [0, 0.1) is 0 Å². The molecule has 0 spiro atoms. The van der Waals surface area contributed by atoms with Gasteiger partial charge in [0.25, 0.3) is 0 Å². The zero-order chi connectivity index (χ0) is 5.86. The lowest BCUT2D eigenvalue weighted by atomic mass is 10.6. The predicted octanol–water partition coefficient (Wildman–Crippen LogP) is 3.42. The van der Waals surface area contributed by atoms with Gasteiger partial charge in [0.2, 0.25) is 0 Å². The first-order valence-electron chi connectivity index (χ1n) is 1.66. The van der Waals surface area contributed by atoms with E-state index in [1.807, 2.05) is 0 Å². The Balaban J connectivity index is 3.14. The fraction of sp³-hybridized carbons (Fsp3) is 1.00. The van der Waals surface area contributed by atoms with Crippen LogP contribution in [0.25, 0.3) is 0 Å². The van der Waals surface area contributed by atoms with Crippen LogP contribution >= 0.6 is 90.4 Å². The lowest BCUT2D eigenvalue weighted by molar-refractivity contribution is 1.22. The third kappa shape index (κ3) is 5.37. The van der Waals surface area contributed by atoms with Crippen LogP contribution in [0.3, 0.4) is 0 Å². The third-order valence-corrected chi connectivity index (χ3v) is 8.70. The normalized spacial score (nSPS) is 15.0. The highest BCUT2D eigenvalue weighted by Gasteiger charge is 2.08. The second kappa shape index (κ2) is 5.69. The van der Waals surface area contributed by atoms with Gasteiger partial charge in [-0.1, -0.05) is 90.4 Å². The molecule has 0 rings (SSSR count). The van der Waals surface area contributed by atoms with Crippen molar-refractivity contribution in [3.05, 3.63) is 0 Å². The summed E-state index contributed by atoms with van der Waals surface area (Å²) < 4.78 is 2.88. The first-order valence-corrected chi connectivity index (χ1v) is 6.93. The molecule has 0 aliphatic heterocycles. The summed E-state index contributed by atoms with van der Waals surface area (Å²) in [6.45, 7) is 0. The second-order valence-corrected chi connectivity index (χ2v) is 8.55. The van der Waals surface area contributed by atoms with Gasteiger partial charge in [-0.05, 0) is 0 Å². The number of alkyl halides is 4. The summed E-state index contributed by atoms with van der Waals surface area (Å²) in [5.74, 6) is 0. The number of hydrogen-bond donors (Lipinski definition) is 0. The van der Waals surface area contributed by atoms with Gasteiger partial charge in [-0.25, -0.2) is 0 Å². The van der Waals surface area contributed by atoms with Crippen molar-refractivity contribution < 1.29 is 0 Å². The smallest absolute Gasteiger partial charge is 0.0751 e. The Bertz CT molecular complexity index is 44.2. The Morgan fingerprint density at radius 1 is 1.14 bits per heavy atom. The van der Waals surface area contributed by atoms with E-state index in [4.69, 9.17) is 0 Å². The fourth-order valence-electron chi connectivity index (χ4n) is 0.0673. The van der Waals surface area contributed by atoms with Crippen molar-refractivity contribution in [2.24, 2.45) is 0 Å². The minimum Gasteiger partial charge on any atom is -0.0852 e. The lowest BCUT2D eigenvalue weighted by Crippen LogP contribution is -2.06. The molecular weight excluding hydrogens is 544 g/mol. The third-order valence-electron chi connectivity index (χ3n) is 0.421. The van der Waals surface area contributed by atoms with E-state index in [1.54, 1.807) is 0 Å². The van der Waals surface area contributed by atoms with Crippen LogP contribution in [-0.4, -0.2) is 10.3 Å². The van der Waals surface area contributed by atoms with Crippen LogP contribution in [0.4, 0.5) is 0 Å². The zero-order valence-corrected chi connectivity index (χ0v) is 12.0. The van der Waals surface area contributed by atoms with E-state index in [0.717, 1.165) is 5.86 Å². The highest BCUT2D eigenvalue weighted by molar-refractivity contribution is 14.2. The SMILES string of the molecule is IC[C@H](I)C(I)I. The average Bonchev–Trinajstić information content (AvgIpc) is 1.65. The zero-order valence-electron chi connectivity index (χ0n) is 3.37. The van der Waals surface area contributed by atoms with E-state index in [0.29, 0.717) is 0 Å². The van der Waals surface area contributed by atoms with Crippen molar-refractivity contribution >= 4 is 90.4 Å². The van der Waals surface area contributed by atoms with Gasteiger partial charge in [0.1, 0.15) is 0 Å². The van der Waals surface area contributed by atoms with E-state index >= 15 is 0 Å². The first kappa shape index (κ1) is 9.92. The molecule has 0 N–H and O–H groups in total. The predicted molar refractivity (Wildman–Crippen MR) is 68.5 cm³/mol. The molecule has 0 aliphatic carbocycles. The summed E-state index contributed by atoms with van der Waals surface area (Å²) in [5.41, 5.74) is 0. The highest BCUT2D eigenvalue weighted by atomic mass is 127. The van der Waals surface area contributed by atoms with Crippen LogP contribution in [0.5, 0.6) is 0 Å². The van der Waals surface area contributed by atoms with Crippen LogP contribution in [0.1, 0.15) is 0 Å². The Labute approximate surface area is 98.5 Å². The maximum atomic E-state index is 2.47. The molecule has 0 saturated carbocycles. The second-order valence-electron chi connectivity index (χ2n) is 1.00. The molecular formula is C3H4I4. The van der Waals surface area contributed by atoms with Crippen LogP contribution in [0.2, 0.25) is 0 Å². The molecule has 0 unspecified atom stereocenters. The van der Waals surface area contributed by atoms with E-state index in [2.05, 4.69) is 90.4 Å². The minimum absolute atomic E-state index is 0.785. The van der Waals surface area contributed by atoms with Gasteiger partial charge < -0.3 is 0 Å². The number of rotatable bonds is 2. The van der Waals surface area contributed by atoms with Crippen LogP contribution in [-0.2, 0) is 0 Å². The van der Waals surface area contributed by atoms with Crippen LogP contribution in [0.15, 0.2) is 0 Å². The van der Waals surface area contributed by atoms with Crippen molar-refractivity contribution in [3.8, 4) is 0 Å². The topological polar surface area (TPSA) is 0 Å². The molecule has 0 aromatic heterocycles. The van der Waals surface area contributed by atoms with Crippen LogP contribution < -0.4 is 0 Å². The Morgan fingerprint density at radius 2 is 1.57 bits per heavy atom. The molecule has 0 heterocycles. The molecule has 0 nitrogen and oxygen atoms in total. The largest absolute Gasteiger partial charge is 0.0852 e. The molecule has 0 aliphatic rings. The highest BCUT2D eigenvalue weighted by Crippen LogP contribution is 2.22. The minimum atomic E-state index is 0.785. The summed E-state index contributed by atoms with van der Waals surface area (Å²) in [6, 6.07) is 0. The molecule has 1 atom stereocenters.